The van der Waals surface area contributed by atoms with Crippen LogP contribution in [0.1, 0.15) is 23.7 Å². The first-order valence-corrected chi connectivity index (χ1v) is 9.48. The number of likely N-dealkylation sites (N-methyl/N-ethyl adjacent to an activating group) is 1. The number of urea groups is 1. The van der Waals surface area contributed by atoms with Gasteiger partial charge >= 0.3 is 6.03 Å². The van der Waals surface area contributed by atoms with Gasteiger partial charge in [-0.2, -0.15) is 0 Å². The molecular weight excluding hydrogens is 354 g/mol. The van der Waals surface area contributed by atoms with Gasteiger partial charge < -0.3 is 15.5 Å². The van der Waals surface area contributed by atoms with Gasteiger partial charge in [-0.05, 0) is 42.7 Å². The van der Waals surface area contributed by atoms with Gasteiger partial charge in [0.1, 0.15) is 0 Å². The molecule has 148 valence electrons. The van der Waals surface area contributed by atoms with E-state index in [1.54, 1.807) is 18.0 Å². The van der Waals surface area contributed by atoms with Crippen molar-refractivity contribution >= 4 is 23.3 Å². The van der Waals surface area contributed by atoms with Gasteiger partial charge in [0.25, 0.3) is 0 Å². The molecule has 0 spiro atoms. The van der Waals surface area contributed by atoms with E-state index in [0.717, 1.165) is 44.0 Å². The first kappa shape index (κ1) is 19.8. The third-order valence-electron chi connectivity index (χ3n) is 5.05. The van der Waals surface area contributed by atoms with E-state index in [1.165, 1.54) is 11.1 Å². The van der Waals surface area contributed by atoms with Crippen molar-refractivity contribution in [3.63, 3.8) is 0 Å². The molecule has 0 saturated heterocycles. The van der Waals surface area contributed by atoms with Gasteiger partial charge in [-0.1, -0.05) is 12.1 Å². The molecule has 2 aromatic rings. The predicted molar refractivity (Wildman–Crippen MR) is 110 cm³/mol. The Kier molecular flexibility index (Phi) is 6.26. The molecule has 0 atom stereocenters. The van der Waals surface area contributed by atoms with Crippen LogP contribution in [0.15, 0.2) is 36.5 Å². The van der Waals surface area contributed by atoms with Gasteiger partial charge in [-0.15, -0.1) is 0 Å². The summed E-state index contributed by atoms with van der Waals surface area (Å²) in [6, 6.07) is 9.42. The van der Waals surface area contributed by atoms with E-state index in [4.69, 9.17) is 0 Å². The van der Waals surface area contributed by atoms with Crippen molar-refractivity contribution in [2.45, 2.75) is 26.8 Å². The molecule has 1 aromatic heterocycles. The van der Waals surface area contributed by atoms with Gasteiger partial charge in [-0.3, -0.25) is 14.7 Å². The number of pyridine rings is 1. The molecule has 0 saturated carbocycles. The standard InChI is InChI=1S/C21H27N5O2/c1-15-7-8-18(13-22-15)23-21(28)24-20-6-4-5-17-14-26(10-9-19(17)20)12-11-25(3)16(2)27/h4-8,13H,9-12,14H2,1-3H3,(H2,23,24,28). The summed E-state index contributed by atoms with van der Waals surface area (Å²) < 4.78 is 0. The van der Waals surface area contributed by atoms with Gasteiger partial charge in [-0.25, -0.2) is 4.79 Å². The highest BCUT2D eigenvalue weighted by Gasteiger charge is 2.20. The topological polar surface area (TPSA) is 77.6 Å². The SMILES string of the molecule is CC(=O)N(C)CCN1CCc2c(cccc2NC(=O)Nc2ccc(C)nc2)C1. The van der Waals surface area contributed by atoms with Crippen molar-refractivity contribution in [3.05, 3.63) is 53.3 Å². The Morgan fingerprint density at radius 2 is 2.04 bits per heavy atom. The first-order chi connectivity index (χ1) is 13.4. The average Bonchev–Trinajstić information content (AvgIpc) is 2.67. The second-order valence-electron chi connectivity index (χ2n) is 7.18. The number of amides is 3. The average molecular weight is 381 g/mol. The summed E-state index contributed by atoms with van der Waals surface area (Å²) in [7, 11) is 1.82. The number of fused-ring (bicyclic) bond motifs is 1. The fraction of sp³-hybridized carbons (Fsp3) is 0.381. The minimum Gasteiger partial charge on any atom is -0.345 e. The summed E-state index contributed by atoms with van der Waals surface area (Å²) in [5, 5.41) is 5.78. The minimum atomic E-state index is -0.274. The number of carbonyl (C=O) groups is 2. The molecule has 7 heteroatoms. The van der Waals surface area contributed by atoms with Crippen LogP contribution in [0.5, 0.6) is 0 Å². The number of benzene rings is 1. The Labute approximate surface area is 165 Å². The van der Waals surface area contributed by atoms with Crippen LogP contribution in [-0.2, 0) is 17.8 Å². The van der Waals surface area contributed by atoms with Crippen LogP contribution in [0, 0.1) is 6.92 Å². The molecule has 2 N–H and O–H groups in total. The Bertz CT molecular complexity index is 850. The molecule has 1 aliphatic rings. The predicted octanol–water partition coefficient (Wildman–Crippen LogP) is 2.87. The lowest BCUT2D eigenvalue weighted by molar-refractivity contribution is -0.127. The lowest BCUT2D eigenvalue weighted by Crippen LogP contribution is -2.38. The highest BCUT2D eigenvalue weighted by Crippen LogP contribution is 2.26. The smallest absolute Gasteiger partial charge is 0.323 e. The molecule has 2 heterocycles. The molecule has 3 amide bonds. The molecule has 0 aliphatic carbocycles. The van der Waals surface area contributed by atoms with Crippen LogP contribution >= 0.6 is 0 Å². The molecule has 1 aromatic carbocycles. The van der Waals surface area contributed by atoms with Crippen molar-refractivity contribution in [1.29, 1.82) is 0 Å². The van der Waals surface area contributed by atoms with E-state index in [-0.39, 0.29) is 11.9 Å². The van der Waals surface area contributed by atoms with E-state index >= 15 is 0 Å². The fourth-order valence-electron chi connectivity index (χ4n) is 3.25. The number of carbonyl (C=O) groups excluding carboxylic acids is 2. The number of nitrogens with one attached hydrogen (secondary N) is 2. The zero-order chi connectivity index (χ0) is 20.1. The third-order valence-corrected chi connectivity index (χ3v) is 5.05. The highest BCUT2D eigenvalue weighted by molar-refractivity contribution is 6.00. The summed E-state index contributed by atoms with van der Waals surface area (Å²) in [6.07, 6.45) is 2.51. The number of nitrogens with zero attached hydrogens (tertiary/aromatic N) is 3. The van der Waals surface area contributed by atoms with Crippen molar-refractivity contribution in [2.24, 2.45) is 0 Å². The van der Waals surface area contributed by atoms with Gasteiger partial charge in [0, 0.05) is 51.5 Å². The normalized spacial score (nSPS) is 13.5. The van der Waals surface area contributed by atoms with Crippen molar-refractivity contribution in [2.75, 3.05) is 37.3 Å². The maximum atomic E-state index is 12.4. The Balaban J connectivity index is 1.61. The lowest BCUT2D eigenvalue weighted by atomic mass is 9.97. The molecule has 0 bridgehead atoms. The highest BCUT2D eigenvalue weighted by atomic mass is 16.2. The Morgan fingerprint density at radius 1 is 1.21 bits per heavy atom. The van der Waals surface area contributed by atoms with Crippen LogP contribution in [0.2, 0.25) is 0 Å². The molecule has 0 radical (unpaired) electrons. The van der Waals surface area contributed by atoms with E-state index in [1.807, 2.05) is 38.2 Å². The quantitative estimate of drug-likeness (QED) is 0.835. The largest absolute Gasteiger partial charge is 0.345 e. The number of rotatable bonds is 5. The van der Waals surface area contributed by atoms with E-state index in [0.29, 0.717) is 5.69 Å². The number of aromatic nitrogens is 1. The monoisotopic (exact) mass is 381 g/mol. The Hall–Kier alpha value is -2.93. The molecule has 0 unspecified atom stereocenters. The van der Waals surface area contributed by atoms with Crippen LogP contribution in [-0.4, -0.2) is 53.4 Å². The number of aryl methyl sites for hydroxylation is 1. The van der Waals surface area contributed by atoms with Crippen molar-refractivity contribution in [3.8, 4) is 0 Å². The molecule has 7 nitrogen and oxygen atoms in total. The van der Waals surface area contributed by atoms with Gasteiger partial charge in [0.05, 0.1) is 11.9 Å². The zero-order valence-corrected chi connectivity index (χ0v) is 16.7. The summed E-state index contributed by atoms with van der Waals surface area (Å²) in [6.45, 7) is 6.77. The summed E-state index contributed by atoms with van der Waals surface area (Å²) >= 11 is 0. The maximum Gasteiger partial charge on any atom is 0.323 e. The zero-order valence-electron chi connectivity index (χ0n) is 16.7. The molecule has 28 heavy (non-hydrogen) atoms. The van der Waals surface area contributed by atoms with E-state index in [9.17, 15) is 9.59 Å². The fourth-order valence-corrected chi connectivity index (χ4v) is 3.25. The molecule has 0 fully saturated rings. The molecular formula is C21H27N5O2. The van der Waals surface area contributed by atoms with Crippen LogP contribution < -0.4 is 10.6 Å². The number of hydrogen-bond donors (Lipinski definition) is 2. The van der Waals surface area contributed by atoms with Crippen LogP contribution in [0.4, 0.5) is 16.2 Å². The van der Waals surface area contributed by atoms with E-state index < -0.39 is 0 Å². The molecule has 1 aliphatic heterocycles. The van der Waals surface area contributed by atoms with Crippen molar-refractivity contribution < 1.29 is 9.59 Å². The summed E-state index contributed by atoms with van der Waals surface area (Å²) in [5.74, 6) is 0.0821. The second kappa shape index (κ2) is 8.84. The first-order valence-electron chi connectivity index (χ1n) is 9.48. The number of anilines is 2. The molecule has 3 rings (SSSR count). The second-order valence-corrected chi connectivity index (χ2v) is 7.18. The lowest BCUT2D eigenvalue weighted by Gasteiger charge is -2.31. The van der Waals surface area contributed by atoms with Gasteiger partial charge in [0.2, 0.25) is 5.91 Å². The van der Waals surface area contributed by atoms with Gasteiger partial charge in [0.15, 0.2) is 0 Å². The minimum absolute atomic E-state index is 0.0821. The van der Waals surface area contributed by atoms with Crippen molar-refractivity contribution in [1.82, 2.24) is 14.8 Å². The maximum absolute atomic E-state index is 12.4. The summed E-state index contributed by atoms with van der Waals surface area (Å²) in [4.78, 5) is 32.0. The van der Waals surface area contributed by atoms with Crippen LogP contribution in [0.25, 0.3) is 0 Å². The van der Waals surface area contributed by atoms with E-state index in [2.05, 4.69) is 26.6 Å². The number of hydrogen-bond acceptors (Lipinski definition) is 4. The third kappa shape index (κ3) is 5.07. The Morgan fingerprint density at radius 3 is 2.75 bits per heavy atom. The summed E-state index contributed by atoms with van der Waals surface area (Å²) in [5.41, 5.74) is 4.80. The van der Waals surface area contributed by atoms with Crippen LogP contribution in [0.3, 0.4) is 0 Å².